The van der Waals surface area contributed by atoms with Gasteiger partial charge in [-0.1, -0.05) is 35.9 Å². The van der Waals surface area contributed by atoms with E-state index in [2.05, 4.69) is 19.9 Å². The molecule has 0 atom stereocenters. The molecule has 1 heterocycles. The predicted octanol–water partition coefficient (Wildman–Crippen LogP) is 5.12. The molecule has 1 aromatic heterocycles. The third-order valence-corrected chi connectivity index (χ3v) is 6.57. The van der Waals surface area contributed by atoms with Gasteiger partial charge in [-0.15, -0.1) is 5.11 Å². The van der Waals surface area contributed by atoms with E-state index in [0.717, 1.165) is 0 Å². The lowest BCUT2D eigenvalue weighted by Crippen LogP contribution is -2.23. The van der Waals surface area contributed by atoms with Crippen LogP contribution in [0.3, 0.4) is 0 Å². The van der Waals surface area contributed by atoms with Crippen LogP contribution in [0.5, 0.6) is 5.88 Å². The molecule has 4 N–H and O–H groups in total. The summed E-state index contributed by atoms with van der Waals surface area (Å²) in [5.74, 6) is -1.41. The lowest BCUT2D eigenvalue weighted by Gasteiger charge is -2.08. The Balaban J connectivity index is 1.65. The molecule has 0 radical (unpaired) electrons. The minimum atomic E-state index is -3.90. The number of carboxylic acid groups (broad SMARTS) is 1. The van der Waals surface area contributed by atoms with Crippen LogP contribution in [-0.4, -0.2) is 29.6 Å². The number of aromatic nitrogens is 1. The Labute approximate surface area is 193 Å². The van der Waals surface area contributed by atoms with E-state index in [-0.39, 0.29) is 34.3 Å². The van der Waals surface area contributed by atoms with Crippen LogP contribution in [0.4, 0.5) is 11.4 Å². The van der Waals surface area contributed by atoms with Crippen molar-refractivity contribution in [1.82, 2.24) is 9.71 Å². The third-order valence-electron chi connectivity index (χ3n) is 4.80. The van der Waals surface area contributed by atoms with E-state index in [4.69, 9.17) is 16.7 Å². The second kappa shape index (κ2) is 9.02. The van der Waals surface area contributed by atoms with E-state index in [1.165, 1.54) is 36.4 Å². The molecule has 4 aromatic rings. The van der Waals surface area contributed by atoms with Gasteiger partial charge in [0, 0.05) is 17.0 Å². The molecule has 0 unspecified atom stereocenters. The van der Waals surface area contributed by atoms with Gasteiger partial charge >= 0.3 is 5.97 Å². The number of aromatic amines is 1. The molecule has 0 saturated carbocycles. The predicted molar refractivity (Wildman–Crippen MR) is 123 cm³/mol. The Kier molecular flexibility index (Phi) is 6.14. The van der Waals surface area contributed by atoms with Crippen LogP contribution >= 0.6 is 11.6 Å². The first-order valence-corrected chi connectivity index (χ1v) is 11.4. The summed E-state index contributed by atoms with van der Waals surface area (Å²) in [5, 5.41) is 28.1. The number of carboxylic acids is 1. The maximum atomic E-state index is 12.8. The zero-order valence-electron chi connectivity index (χ0n) is 16.9. The monoisotopic (exact) mass is 484 g/mol. The highest BCUT2D eigenvalue weighted by atomic mass is 35.5. The number of hydrogen-bond donors (Lipinski definition) is 4. The molecule has 0 aliphatic heterocycles. The van der Waals surface area contributed by atoms with Crippen molar-refractivity contribution >= 4 is 49.9 Å². The minimum absolute atomic E-state index is 0.00488. The number of aromatic hydroxyl groups is 1. The topological polar surface area (TPSA) is 144 Å². The van der Waals surface area contributed by atoms with Gasteiger partial charge in [-0.25, -0.2) is 17.9 Å². The first kappa shape index (κ1) is 22.5. The smallest absolute Gasteiger partial charge is 0.335 e. The van der Waals surface area contributed by atoms with Crippen LogP contribution < -0.4 is 4.72 Å². The molecule has 0 saturated heterocycles. The number of benzene rings is 3. The fraction of sp³-hybridized carbons (Fsp3) is 0.0455. The number of nitrogens with zero attached hydrogens (tertiary/aromatic N) is 2. The first-order chi connectivity index (χ1) is 15.7. The SMILES string of the molecule is O=C(O)c1cccc(N=Nc2c(O)[nH]c3ccc(S(=O)(=O)NCc4ccccc4Cl)cc23)c1. The molecule has 9 nitrogen and oxygen atoms in total. The molecule has 0 bridgehead atoms. The third kappa shape index (κ3) is 4.87. The number of sulfonamides is 1. The molecule has 3 aromatic carbocycles. The Morgan fingerprint density at radius 3 is 2.58 bits per heavy atom. The maximum absolute atomic E-state index is 12.8. The van der Waals surface area contributed by atoms with Gasteiger partial charge in [-0.2, -0.15) is 5.11 Å². The fourth-order valence-corrected chi connectivity index (χ4v) is 4.35. The lowest BCUT2D eigenvalue weighted by atomic mass is 10.2. The molecule has 4 rings (SSSR count). The summed E-state index contributed by atoms with van der Waals surface area (Å²) < 4.78 is 28.1. The second-order valence-electron chi connectivity index (χ2n) is 7.00. The van der Waals surface area contributed by atoms with Crippen molar-refractivity contribution in [2.24, 2.45) is 10.2 Å². The Bertz CT molecular complexity index is 1500. The number of halogens is 1. The molecular formula is C22H17ClN4O5S. The average molecular weight is 485 g/mol. The highest BCUT2D eigenvalue weighted by Crippen LogP contribution is 2.37. The summed E-state index contributed by atoms with van der Waals surface area (Å²) in [6.45, 7) is 0.00488. The number of fused-ring (bicyclic) bond motifs is 1. The van der Waals surface area contributed by atoms with Crippen LogP contribution in [0.2, 0.25) is 5.02 Å². The zero-order chi connectivity index (χ0) is 23.6. The Morgan fingerprint density at radius 2 is 1.82 bits per heavy atom. The highest BCUT2D eigenvalue weighted by molar-refractivity contribution is 7.89. The van der Waals surface area contributed by atoms with Crippen molar-refractivity contribution in [2.75, 3.05) is 0 Å². The average Bonchev–Trinajstić information content (AvgIpc) is 3.11. The second-order valence-corrected chi connectivity index (χ2v) is 9.18. The van der Waals surface area contributed by atoms with E-state index in [0.29, 0.717) is 21.5 Å². The molecule has 168 valence electrons. The number of carbonyl (C=O) groups is 1. The molecule has 0 amide bonds. The molecule has 11 heteroatoms. The molecule has 0 fully saturated rings. The summed E-state index contributed by atoms with van der Waals surface area (Å²) in [7, 11) is -3.90. The van der Waals surface area contributed by atoms with Gasteiger partial charge in [0.05, 0.1) is 21.7 Å². The van der Waals surface area contributed by atoms with E-state index in [9.17, 15) is 18.3 Å². The van der Waals surface area contributed by atoms with Gasteiger partial charge in [-0.05, 0) is 48.0 Å². The molecule has 33 heavy (non-hydrogen) atoms. The summed E-state index contributed by atoms with van der Waals surface area (Å²) in [6, 6.07) is 17.0. The number of nitrogens with one attached hydrogen (secondary N) is 2. The largest absolute Gasteiger partial charge is 0.493 e. The first-order valence-electron chi connectivity index (χ1n) is 9.57. The van der Waals surface area contributed by atoms with Gasteiger partial charge in [-0.3, -0.25) is 0 Å². The summed E-state index contributed by atoms with van der Waals surface area (Å²) in [6.07, 6.45) is 0. The van der Waals surface area contributed by atoms with Gasteiger partial charge in [0.15, 0.2) is 5.69 Å². The van der Waals surface area contributed by atoms with Gasteiger partial charge < -0.3 is 15.2 Å². The van der Waals surface area contributed by atoms with Crippen molar-refractivity contribution in [1.29, 1.82) is 0 Å². The normalized spacial score (nSPS) is 11.9. The van der Waals surface area contributed by atoms with Crippen molar-refractivity contribution in [3.8, 4) is 5.88 Å². The maximum Gasteiger partial charge on any atom is 0.335 e. The highest BCUT2D eigenvalue weighted by Gasteiger charge is 2.18. The molecule has 0 aliphatic rings. The van der Waals surface area contributed by atoms with E-state index in [1.54, 1.807) is 30.3 Å². The van der Waals surface area contributed by atoms with Crippen molar-refractivity contribution in [2.45, 2.75) is 11.4 Å². The standard InChI is InChI=1S/C22H17ClN4O5S/c23-18-7-2-1-4-14(18)12-24-33(31,32)16-8-9-19-17(11-16)20(21(28)25-19)27-26-15-6-3-5-13(10-15)22(29)30/h1-11,24-25,28H,12H2,(H,29,30). The van der Waals surface area contributed by atoms with Crippen LogP contribution in [-0.2, 0) is 16.6 Å². The van der Waals surface area contributed by atoms with Crippen molar-refractivity contribution in [3.63, 3.8) is 0 Å². The summed E-state index contributed by atoms with van der Waals surface area (Å²) in [5.41, 5.74) is 1.39. The zero-order valence-corrected chi connectivity index (χ0v) is 18.4. The van der Waals surface area contributed by atoms with Gasteiger partial charge in [0.2, 0.25) is 15.9 Å². The van der Waals surface area contributed by atoms with Gasteiger partial charge in [0.1, 0.15) is 0 Å². The van der Waals surface area contributed by atoms with E-state index in [1.807, 2.05) is 0 Å². The molecule has 0 aliphatic carbocycles. The van der Waals surface area contributed by atoms with E-state index < -0.39 is 16.0 Å². The minimum Gasteiger partial charge on any atom is -0.493 e. The van der Waals surface area contributed by atoms with Crippen molar-refractivity contribution in [3.05, 3.63) is 82.9 Å². The number of aromatic carboxylic acids is 1. The summed E-state index contributed by atoms with van der Waals surface area (Å²) >= 11 is 6.09. The van der Waals surface area contributed by atoms with Crippen LogP contribution in [0, 0.1) is 0 Å². The van der Waals surface area contributed by atoms with Crippen molar-refractivity contribution < 1.29 is 23.4 Å². The molecule has 0 spiro atoms. The van der Waals surface area contributed by atoms with Crippen LogP contribution in [0.15, 0.2) is 81.9 Å². The lowest BCUT2D eigenvalue weighted by molar-refractivity contribution is 0.0697. The Hall–Kier alpha value is -3.73. The number of azo groups is 1. The Morgan fingerprint density at radius 1 is 1.03 bits per heavy atom. The number of hydrogen-bond acceptors (Lipinski definition) is 6. The summed E-state index contributed by atoms with van der Waals surface area (Å²) in [4.78, 5) is 13.8. The quantitative estimate of drug-likeness (QED) is 0.269. The van der Waals surface area contributed by atoms with Crippen LogP contribution in [0.25, 0.3) is 10.9 Å². The van der Waals surface area contributed by atoms with E-state index >= 15 is 0 Å². The van der Waals surface area contributed by atoms with Gasteiger partial charge in [0.25, 0.3) is 0 Å². The fourth-order valence-electron chi connectivity index (χ4n) is 3.12. The number of rotatable bonds is 7. The van der Waals surface area contributed by atoms with Crippen LogP contribution in [0.1, 0.15) is 15.9 Å². The molecular weight excluding hydrogens is 468 g/mol. The number of H-pyrrole nitrogens is 1.